The van der Waals surface area contributed by atoms with Gasteiger partial charge in [-0.3, -0.25) is 4.79 Å². The van der Waals surface area contributed by atoms with Gasteiger partial charge < -0.3 is 14.4 Å². The van der Waals surface area contributed by atoms with E-state index in [9.17, 15) is 9.59 Å². The van der Waals surface area contributed by atoms with Crippen molar-refractivity contribution >= 4 is 17.6 Å². The molecule has 20 heavy (non-hydrogen) atoms. The zero-order valence-electron chi connectivity index (χ0n) is 10.9. The van der Waals surface area contributed by atoms with Crippen molar-refractivity contribution in [3.8, 4) is 17.0 Å². The quantitative estimate of drug-likeness (QED) is 0.943. The third-order valence-corrected chi connectivity index (χ3v) is 3.28. The maximum atomic E-state index is 11.9. The van der Waals surface area contributed by atoms with Gasteiger partial charge in [-0.15, -0.1) is 0 Å². The molecule has 0 amide bonds. The molecule has 1 heterocycles. The summed E-state index contributed by atoms with van der Waals surface area (Å²) >= 11 is 6.05. The van der Waals surface area contributed by atoms with E-state index in [0.29, 0.717) is 22.0 Å². The van der Waals surface area contributed by atoms with Gasteiger partial charge in [-0.25, -0.2) is 4.79 Å². The van der Waals surface area contributed by atoms with Crippen LogP contribution < -0.4 is 10.3 Å². The van der Waals surface area contributed by atoms with Gasteiger partial charge in [0.25, 0.3) is 5.56 Å². The minimum absolute atomic E-state index is 0.268. The molecule has 0 fully saturated rings. The van der Waals surface area contributed by atoms with Crippen LogP contribution >= 0.6 is 11.6 Å². The highest BCUT2D eigenvalue weighted by atomic mass is 35.5. The first-order valence-corrected chi connectivity index (χ1v) is 6.10. The zero-order chi connectivity index (χ0) is 14.9. The van der Waals surface area contributed by atoms with Gasteiger partial charge in [0.05, 0.1) is 17.8 Å². The number of carboxylic acids is 1. The molecule has 2 rings (SSSR count). The summed E-state index contributed by atoms with van der Waals surface area (Å²) in [5.74, 6) is -0.715. The highest BCUT2D eigenvalue weighted by molar-refractivity contribution is 6.32. The van der Waals surface area contributed by atoms with Crippen LogP contribution in [0.25, 0.3) is 11.3 Å². The molecule has 6 heteroatoms. The number of pyridine rings is 1. The average molecular weight is 294 g/mol. The smallest absolute Gasteiger partial charge is 0.341 e. The highest BCUT2D eigenvalue weighted by Crippen LogP contribution is 2.29. The van der Waals surface area contributed by atoms with E-state index < -0.39 is 11.5 Å². The molecule has 0 saturated carbocycles. The summed E-state index contributed by atoms with van der Waals surface area (Å²) < 4.78 is 6.34. The standard InChI is InChI=1S/C14H12ClNO4/c1-16-11(5-4-9(13(16)17)14(18)19)8-3-6-12(20-2)10(15)7-8/h3-7H,1-2H3,(H,18,19). The van der Waals surface area contributed by atoms with Gasteiger partial charge in [0.2, 0.25) is 0 Å². The van der Waals surface area contributed by atoms with Gasteiger partial charge in [0.1, 0.15) is 11.3 Å². The first-order chi connectivity index (χ1) is 9.45. The Bertz CT molecular complexity index is 736. The van der Waals surface area contributed by atoms with Gasteiger partial charge in [0.15, 0.2) is 0 Å². The van der Waals surface area contributed by atoms with Crippen molar-refractivity contribution in [3.05, 3.63) is 51.3 Å². The predicted octanol–water partition coefficient (Wildman–Crippen LogP) is 2.41. The minimum atomic E-state index is -1.25. The summed E-state index contributed by atoms with van der Waals surface area (Å²) in [6.45, 7) is 0. The Morgan fingerprint density at radius 2 is 2.00 bits per heavy atom. The van der Waals surface area contributed by atoms with Crippen LogP contribution in [0.1, 0.15) is 10.4 Å². The van der Waals surface area contributed by atoms with Gasteiger partial charge in [-0.05, 0) is 35.9 Å². The fourth-order valence-electron chi connectivity index (χ4n) is 1.91. The average Bonchev–Trinajstić information content (AvgIpc) is 2.41. The summed E-state index contributed by atoms with van der Waals surface area (Å²) in [4.78, 5) is 22.8. The van der Waals surface area contributed by atoms with Crippen LogP contribution in [0, 0.1) is 0 Å². The van der Waals surface area contributed by atoms with E-state index in [1.165, 1.54) is 24.8 Å². The summed E-state index contributed by atoms with van der Waals surface area (Å²) in [6.07, 6.45) is 0. The SMILES string of the molecule is COc1ccc(-c2ccc(C(=O)O)c(=O)n2C)cc1Cl. The largest absolute Gasteiger partial charge is 0.495 e. The van der Waals surface area contributed by atoms with Gasteiger partial charge >= 0.3 is 5.97 Å². The number of benzene rings is 1. The van der Waals surface area contributed by atoms with Crippen molar-refractivity contribution in [2.24, 2.45) is 7.05 Å². The molecule has 0 radical (unpaired) electrons. The molecule has 5 nitrogen and oxygen atoms in total. The molecule has 0 aliphatic heterocycles. The Hall–Kier alpha value is -2.27. The second-order valence-corrected chi connectivity index (χ2v) is 4.56. The first kappa shape index (κ1) is 14.1. The molecule has 0 saturated heterocycles. The topological polar surface area (TPSA) is 68.5 Å². The molecule has 1 aromatic heterocycles. The third kappa shape index (κ3) is 2.40. The minimum Gasteiger partial charge on any atom is -0.495 e. The monoisotopic (exact) mass is 293 g/mol. The Balaban J connectivity index is 2.60. The second-order valence-electron chi connectivity index (χ2n) is 4.15. The van der Waals surface area contributed by atoms with Crippen LogP contribution in [0.2, 0.25) is 5.02 Å². The maximum absolute atomic E-state index is 11.9. The van der Waals surface area contributed by atoms with Gasteiger partial charge in [-0.2, -0.15) is 0 Å². The number of rotatable bonds is 3. The highest BCUT2D eigenvalue weighted by Gasteiger charge is 2.13. The van der Waals surface area contributed by atoms with Gasteiger partial charge in [0, 0.05) is 7.05 Å². The summed E-state index contributed by atoms with van der Waals surface area (Å²) in [5.41, 5.74) is 0.440. The number of carboxylic acid groups (broad SMARTS) is 1. The third-order valence-electron chi connectivity index (χ3n) is 2.98. The van der Waals surface area contributed by atoms with E-state index in [0.717, 1.165) is 0 Å². The Kier molecular flexibility index (Phi) is 3.81. The van der Waals surface area contributed by atoms with Crippen LogP contribution in [0.3, 0.4) is 0 Å². The molecule has 0 atom stereocenters. The fourth-order valence-corrected chi connectivity index (χ4v) is 2.17. The van der Waals surface area contributed by atoms with E-state index in [1.54, 1.807) is 24.3 Å². The number of aromatic nitrogens is 1. The number of ether oxygens (including phenoxy) is 1. The molecule has 1 N–H and O–H groups in total. The normalized spacial score (nSPS) is 10.3. The Morgan fingerprint density at radius 1 is 1.30 bits per heavy atom. The summed E-state index contributed by atoms with van der Waals surface area (Å²) in [7, 11) is 3.03. The summed E-state index contributed by atoms with van der Waals surface area (Å²) in [6, 6.07) is 7.96. The van der Waals surface area contributed by atoms with Crippen molar-refractivity contribution < 1.29 is 14.6 Å². The molecule has 0 aliphatic rings. The van der Waals surface area contributed by atoms with Crippen LogP contribution in [0.4, 0.5) is 0 Å². The van der Waals surface area contributed by atoms with Crippen molar-refractivity contribution in [1.82, 2.24) is 4.57 Å². The van der Waals surface area contributed by atoms with Crippen LogP contribution in [-0.2, 0) is 7.05 Å². The van der Waals surface area contributed by atoms with Crippen molar-refractivity contribution in [3.63, 3.8) is 0 Å². The number of methoxy groups -OCH3 is 1. The van der Waals surface area contributed by atoms with Gasteiger partial charge in [-0.1, -0.05) is 11.6 Å². The van der Waals surface area contributed by atoms with Crippen LogP contribution in [0.5, 0.6) is 5.75 Å². The molecule has 0 bridgehead atoms. The van der Waals surface area contributed by atoms with Crippen molar-refractivity contribution in [2.75, 3.05) is 7.11 Å². The molecule has 2 aromatic rings. The lowest BCUT2D eigenvalue weighted by Crippen LogP contribution is -2.25. The molecule has 1 aromatic carbocycles. The number of hydrogen-bond acceptors (Lipinski definition) is 3. The molecular weight excluding hydrogens is 282 g/mol. The molecule has 104 valence electrons. The number of halogens is 1. The number of carbonyl (C=O) groups is 1. The zero-order valence-corrected chi connectivity index (χ0v) is 11.6. The lowest BCUT2D eigenvalue weighted by atomic mass is 10.1. The molecule has 0 unspecified atom stereocenters. The van der Waals surface area contributed by atoms with Crippen molar-refractivity contribution in [2.45, 2.75) is 0 Å². The second kappa shape index (κ2) is 5.38. The van der Waals surface area contributed by atoms with E-state index in [2.05, 4.69) is 0 Å². The maximum Gasteiger partial charge on any atom is 0.341 e. The molecule has 0 spiro atoms. The van der Waals surface area contributed by atoms with Crippen LogP contribution in [-0.4, -0.2) is 22.8 Å². The van der Waals surface area contributed by atoms with E-state index >= 15 is 0 Å². The van der Waals surface area contributed by atoms with E-state index in [1.807, 2.05) is 0 Å². The number of aromatic carboxylic acids is 1. The van der Waals surface area contributed by atoms with Crippen molar-refractivity contribution in [1.29, 1.82) is 0 Å². The molecule has 0 aliphatic carbocycles. The molecular formula is C14H12ClNO4. The Labute approximate surface area is 120 Å². The lowest BCUT2D eigenvalue weighted by Gasteiger charge is -2.11. The van der Waals surface area contributed by atoms with E-state index in [-0.39, 0.29) is 5.56 Å². The Morgan fingerprint density at radius 3 is 2.55 bits per heavy atom. The summed E-state index contributed by atoms with van der Waals surface area (Å²) in [5, 5.41) is 9.33. The predicted molar refractivity (Wildman–Crippen MR) is 75.6 cm³/mol. The number of nitrogens with zero attached hydrogens (tertiary/aromatic N) is 1. The lowest BCUT2D eigenvalue weighted by molar-refractivity contribution is 0.0694. The first-order valence-electron chi connectivity index (χ1n) is 5.73. The van der Waals surface area contributed by atoms with Crippen LogP contribution in [0.15, 0.2) is 35.1 Å². The number of hydrogen-bond donors (Lipinski definition) is 1. The fraction of sp³-hybridized carbons (Fsp3) is 0.143. The van der Waals surface area contributed by atoms with E-state index in [4.69, 9.17) is 21.4 Å².